The van der Waals surface area contributed by atoms with Gasteiger partial charge in [0.25, 0.3) is 0 Å². The van der Waals surface area contributed by atoms with E-state index in [1.165, 1.54) is 24.3 Å². The van der Waals surface area contributed by atoms with Crippen molar-refractivity contribution < 1.29 is 18.3 Å². The maximum atomic E-state index is 13.7. The van der Waals surface area contributed by atoms with Crippen LogP contribution in [0, 0.1) is 11.6 Å². The number of carbonyl (C=O) groups is 1. The summed E-state index contributed by atoms with van der Waals surface area (Å²) in [4.78, 5) is 12.5. The molecule has 1 aliphatic rings. The average Bonchev–Trinajstić information content (AvgIpc) is 2.55. The molecule has 2 aromatic carbocycles. The Balaban J connectivity index is 1.93. The molecule has 3 rings (SSSR count). The molecular weight excluding hydrogens is 298 g/mol. The van der Waals surface area contributed by atoms with Gasteiger partial charge in [-0.3, -0.25) is 4.79 Å². The molecule has 23 heavy (non-hydrogen) atoms. The number of ketones is 1. The van der Waals surface area contributed by atoms with Crippen molar-refractivity contribution in [2.24, 2.45) is 0 Å². The molecule has 0 N–H and O–H groups in total. The molecule has 0 atom stereocenters. The number of hydrogen-bond donors (Lipinski definition) is 0. The molecule has 2 aromatic rings. The van der Waals surface area contributed by atoms with Crippen molar-refractivity contribution in [1.29, 1.82) is 0 Å². The maximum absolute atomic E-state index is 13.7. The third kappa shape index (κ3) is 3.43. The van der Waals surface area contributed by atoms with E-state index in [0.29, 0.717) is 22.3 Å². The number of halogens is 2. The van der Waals surface area contributed by atoms with Gasteiger partial charge in [0.05, 0.1) is 13.2 Å². The Labute approximate surface area is 132 Å². The maximum Gasteiger partial charge on any atom is 0.189 e. The SMILES string of the molecule is O=C1/C(=C/c2ccccc2F)COC/C1=C\c1ccccc1F. The minimum absolute atomic E-state index is 0.113. The highest BCUT2D eigenvalue weighted by Gasteiger charge is 2.21. The Morgan fingerprint density at radius 1 is 0.783 bits per heavy atom. The van der Waals surface area contributed by atoms with E-state index in [1.807, 2.05) is 0 Å². The van der Waals surface area contributed by atoms with Gasteiger partial charge < -0.3 is 4.74 Å². The number of benzene rings is 2. The van der Waals surface area contributed by atoms with Crippen LogP contribution in [0.4, 0.5) is 8.78 Å². The quantitative estimate of drug-likeness (QED) is 0.783. The lowest BCUT2D eigenvalue weighted by molar-refractivity contribution is -0.114. The van der Waals surface area contributed by atoms with Crippen molar-refractivity contribution in [1.82, 2.24) is 0 Å². The van der Waals surface area contributed by atoms with Gasteiger partial charge in [-0.15, -0.1) is 0 Å². The number of Topliss-reactive ketones (excluding diaryl/α,β-unsaturated/α-hetero) is 1. The predicted molar refractivity (Wildman–Crippen MR) is 84.6 cm³/mol. The second-order valence-electron chi connectivity index (χ2n) is 5.20. The van der Waals surface area contributed by atoms with Crippen LogP contribution in [-0.4, -0.2) is 19.0 Å². The first-order valence-corrected chi connectivity index (χ1v) is 7.18. The standard InChI is InChI=1S/C19H14F2O2/c20-17-7-3-1-5-13(17)9-15-11-23-12-16(19(15)22)10-14-6-2-4-8-18(14)21/h1-10H,11-12H2/b15-9+,16-10+. The molecule has 1 fully saturated rings. The van der Waals surface area contributed by atoms with Crippen molar-refractivity contribution >= 4 is 17.9 Å². The van der Waals surface area contributed by atoms with Crippen molar-refractivity contribution in [2.75, 3.05) is 13.2 Å². The molecule has 1 aliphatic heterocycles. The molecule has 1 saturated heterocycles. The van der Waals surface area contributed by atoms with Gasteiger partial charge in [-0.1, -0.05) is 36.4 Å². The van der Waals surface area contributed by atoms with Gasteiger partial charge in [-0.2, -0.15) is 0 Å². The molecule has 0 amide bonds. The van der Waals surface area contributed by atoms with Crippen LogP contribution in [0.5, 0.6) is 0 Å². The van der Waals surface area contributed by atoms with Crippen LogP contribution in [0.15, 0.2) is 59.7 Å². The van der Waals surface area contributed by atoms with E-state index >= 15 is 0 Å². The van der Waals surface area contributed by atoms with Gasteiger partial charge >= 0.3 is 0 Å². The van der Waals surface area contributed by atoms with Crippen LogP contribution in [-0.2, 0) is 9.53 Å². The number of rotatable bonds is 2. The first-order chi connectivity index (χ1) is 11.1. The fraction of sp³-hybridized carbons (Fsp3) is 0.105. The van der Waals surface area contributed by atoms with Crippen LogP contribution in [0.3, 0.4) is 0 Å². The van der Waals surface area contributed by atoms with Crippen LogP contribution in [0.1, 0.15) is 11.1 Å². The second kappa shape index (κ2) is 6.67. The molecule has 0 aromatic heterocycles. The third-order valence-corrected chi connectivity index (χ3v) is 3.57. The second-order valence-corrected chi connectivity index (χ2v) is 5.20. The summed E-state index contributed by atoms with van der Waals surface area (Å²) in [5.74, 6) is -1.06. The highest BCUT2D eigenvalue weighted by Crippen LogP contribution is 2.21. The first kappa shape index (κ1) is 15.3. The lowest BCUT2D eigenvalue weighted by Gasteiger charge is -2.17. The number of carbonyl (C=O) groups excluding carboxylic acids is 1. The normalized spacial score (nSPS) is 18.6. The predicted octanol–water partition coefficient (Wildman–Crippen LogP) is 4.03. The van der Waals surface area contributed by atoms with Gasteiger partial charge in [0, 0.05) is 22.3 Å². The fourth-order valence-electron chi connectivity index (χ4n) is 2.38. The molecule has 0 radical (unpaired) electrons. The highest BCUT2D eigenvalue weighted by molar-refractivity contribution is 6.14. The van der Waals surface area contributed by atoms with E-state index < -0.39 is 11.6 Å². The van der Waals surface area contributed by atoms with Crippen LogP contribution < -0.4 is 0 Å². The zero-order chi connectivity index (χ0) is 16.2. The zero-order valence-corrected chi connectivity index (χ0v) is 12.3. The first-order valence-electron chi connectivity index (χ1n) is 7.18. The Kier molecular flexibility index (Phi) is 4.44. The Morgan fingerprint density at radius 2 is 1.22 bits per heavy atom. The van der Waals surface area contributed by atoms with Crippen LogP contribution >= 0.6 is 0 Å². The van der Waals surface area contributed by atoms with Gasteiger partial charge in [0.2, 0.25) is 0 Å². The summed E-state index contributed by atoms with van der Waals surface area (Å²) in [7, 11) is 0. The van der Waals surface area contributed by atoms with Gasteiger partial charge in [0.15, 0.2) is 5.78 Å². The molecule has 0 unspecified atom stereocenters. The topological polar surface area (TPSA) is 26.3 Å². The molecule has 0 aliphatic carbocycles. The van der Waals surface area contributed by atoms with Gasteiger partial charge in [-0.05, 0) is 24.3 Å². The van der Waals surface area contributed by atoms with E-state index in [1.54, 1.807) is 36.4 Å². The van der Waals surface area contributed by atoms with Crippen LogP contribution in [0.25, 0.3) is 12.2 Å². The molecule has 116 valence electrons. The summed E-state index contributed by atoms with van der Waals surface area (Å²) < 4.78 is 32.8. The summed E-state index contributed by atoms with van der Waals surface area (Å²) >= 11 is 0. The van der Waals surface area contributed by atoms with E-state index in [4.69, 9.17) is 4.74 Å². The molecule has 2 nitrogen and oxygen atoms in total. The fourth-order valence-corrected chi connectivity index (χ4v) is 2.38. The van der Waals surface area contributed by atoms with Gasteiger partial charge in [0.1, 0.15) is 11.6 Å². The van der Waals surface area contributed by atoms with Crippen molar-refractivity contribution in [2.45, 2.75) is 0 Å². The summed E-state index contributed by atoms with van der Waals surface area (Å²) in [6.45, 7) is 0.226. The Bertz CT molecular complexity index is 741. The zero-order valence-electron chi connectivity index (χ0n) is 12.3. The smallest absolute Gasteiger partial charge is 0.189 e. The monoisotopic (exact) mass is 312 g/mol. The van der Waals surface area contributed by atoms with E-state index in [0.717, 1.165) is 0 Å². The van der Waals surface area contributed by atoms with Crippen LogP contribution in [0.2, 0.25) is 0 Å². The summed E-state index contributed by atoms with van der Waals surface area (Å²) in [6, 6.07) is 12.4. The van der Waals surface area contributed by atoms with E-state index in [-0.39, 0.29) is 19.0 Å². The number of hydrogen-bond acceptors (Lipinski definition) is 2. The molecular formula is C19H14F2O2. The summed E-state index contributed by atoms with van der Waals surface area (Å²) in [6.07, 6.45) is 2.96. The summed E-state index contributed by atoms with van der Waals surface area (Å²) in [5, 5.41) is 0. The molecule has 0 saturated carbocycles. The van der Waals surface area contributed by atoms with E-state index in [9.17, 15) is 13.6 Å². The lowest BCUT2D eigenvalue weighted by Crippen LogP contribution is -2.22. The third-order valence-electron chi connectivity index (χ3n) is 3.57. The van der Waals surface area contributed by atoms with Gasteiger partial charge in [-0.25, -0.2) is 8.78 Å². The average molecular weight is 312 g/mol. The van der Waals surface area contributed by atoms with E-state index in [2.05, 4.69) is 0 Å². The minimum atomic E-state index is -0.405. The lowest BCUT2D eigenvalue weighted by atomic mass is 9.97. The Morgan fingerprint density at radius 3 is 1.65 bits per heavy atom. The van der Waals surface area contributed by atoms with Crippen molar-refractivity contribution in [3.05, 3.63) is 82.4 Å². The highest BCUT2D eigenvalue weighted by atomic mass is 19.1. The Hall–Kier alpha value is -2.59. The van der Waals surface area contributed by atoms with Crippen molar-refractivity contribution in [3.63, 3.8) is 0 Å². The minimum Gasteiger partial charge on any atom is -0.372 e. The molecule has 4 heteroatoms. The molecule has 0 spiro atoms. The van der Waals surface area contributed by atoms with Crippen molar-refractivity contribution in [3.8, 4) is 0 Å². The molecule has 0 bridgehead atoms. The summed E-state index contributed by atoms with van der Waals surface area (Å²) in [5.41, 5.74) is 1.35. The number of ether oxygens (including phenoxy) is 1. The molecule has 1 heterocycles. The largest absolute Gasteiger partial charge is 0.372 e.